The molecule has 0 bridgehead atoms. The first-order valence-corrected chi connectivity index (χ1v) is 8.61. The Labute approximate surface area is 161 Å². The molecule has 0 aromatic heterocycles. The van der Waals surface area contributed by atoms with E-state index in [0.29, 0.717) is 12.8 Å². The fourth-order valence-electron chi connectivity index (χ4n) is 3.35. The molecule has 4 N–H and O–H groups in total. The Balaban J connectivity index is 1.94. The Morgan fingerprint density at radius 3 is 2.28 bits per heavy atom. The van der Waals surface area contributed by atoms with Crippen molar-refractivity contribution < 1.29 is 35.8 Å². The van der Waals surface area contributed by atoms with Crippen LogP contribution in [0.15, 0.2) is 36.4 Å². The van der Waals surface area contributed by atoms with Gasteiger partial charge in [-0.3, -0.25) is 0 Å². The average molecular weight is 422 g/mol. The lowest BCUT2D eigenvalue weighted by Crippen LogP contribution is -2.48. The predicted octanol–water partition coefficient (Wildman–Crippen LogP) is 4.65. The van der Waals surface area contributed by atoms with Gasteiger partial charge in [-0.25, -0.2) is 4.39 Å². The van der Waals surface area contributed by atoms with Gasteiger partial charge in [-0.05, 0) is 59.9 Å². The van der Waals surface area contributed by atoms with Crippen LogP contribution in [0.1, 0.15) is 34.7 Å². The van der Waals surface area contributed by atoms with Crippen molar-refractivity contribution in [1.82, 2.24) is 0 Å². The topological polar surface area (TPSA) is 58.3 Å². The molecule has 0 radical (unpaired) electrons. The molecule has 29 heavy (non-hydrogen) atoms. The van der Waals surface area contributed by atoms with Crippen LogP contribution in [0.2, 0.25) is 0 Å². The monoisotopic (exact) mass is 422 g/mol. The van der Waals surface area contributed by atoms with E-state index in [1.807, 2.05) is 0 Å². The molecule has 1 aliphatic rings. The van der Waals surface area contributed by atoms with Crippen LogP contribution in [-0.2, 0) is 18.2 Å². The van der Waals surface area contributed by atoms with E-state index in [1.165, 1.54) is 6.07 Å². The molecule has 0 saturated carbocycles. The first-order valence-electron chi connectivity index (χ1n) is 8.61. The highest BCUT2D eigenvalue weighted by molar-refractivity contribution is 5.51. The number of hydrogen-bond acceptors (Lipinski definition) is 3. The lowest BCUT2D eigenvalue weighted by Gasteiger charge is -2.32. The van der Waals surface area contributed by atoms with Crippen molar-refractivity contribution in [3.05, 3.63) is 64.5 Å². The molecule has 0 amide bonds. The third kappa shape index (κ3) is 4.18. The maximum absolute atomic E-state index is 13.6. The van der Waals surface area contributed by atoms with E-state index in [-0.39, 0.29) is 29.9 Å². The molecular formula is C19H17F7N2O. The van der Waals surface area contributed by atoms with Crippen LogP contribution in [0.5, 0.6) is 0 Å². The summed E-state index contributed by atoms with van der Waals surface area (Å²) in [6.07, 6.45) is -9.12. The molecule has 1 aliphatic carbocycles. The van der Waals surface area contributed by atoms with Gasteiger partial charge in [-0.2, -0.15) is 26.3 Å². The van der Waals surface area contributed by atoms with Crippen LogP contribution in [0.25, 0.3) is 0 Å². The van der Waals surface area contributed by atoms with E-state index in [2.05, 4.69) is 5.32 Å². The van der Waals surface area contributed by atoms with Crippen LogP contribution < -0.4 is 11.1 Å². The maximum Gasteiger partial charge on any atom is 0.423 e. The van der Waals surface area contributed by atoms with Crippen LogP contribution in [0.4, 0.5) is 36.4 Å². The summed E-state index contributed by atoms with van der Waals surface area (Å²) in [5, 5.41) is 12.7. The van der Waals surface area contributed by atoms with E-state index in [1.54, 1.807) is 12.1 Å². The summed E-state index contributed by atoms with van der Waals surface area (Å²) >= 11 is 0. The highest BCUT2D eigenvalue weighted by Crippen LogP contribution is 2.42. The van der Waals surface area contributed by atoms with Crippen molar-refractivity contribution >= 4 is 5.69 Å². The highest BCUT2D eigenvalue weighted by Gasteiger charge is 2.55. The summed E-state index contributed by atoms with van der Waals surface area (Å²) in [4.78, 5) is 0. The number of benzene rings is 2. The molecule has 0 unspecified atom stereocenters. The first kappa shape index (κ1) is 21.4. The van der Waals surface area contributed by atoms with E-state index in [0.717, 1.165) is 11.1 Å². The molecule has 2 aromatic carbocycles. The van der Waals surface area contributed by atoms with Gasteiger partial charge >= 0.3 is 12.4 Å². The lowest BCUT2D eigenvalue weighted by molar-refractivity contribution is -0.260. The SMILES string of the molecule is N[C@H]1CCc2cc(NC[C@@](O)(c3cc(F)cc(C(F)(F)F)c3)C(F)(F)F)ccc21. The van der Waals surface area contributed by atoms with Crippen molar-refractivity contribution in [3.63, 3.8) is 0 Å². The third-order valence-electron chi connectivity index (χ3n) is 4.99. The predicted molar refractivity (Wildman–Crippen MR) is 91.5 cm³/mol. The molecule has 10 heteroatoms. The zero-order valence-corrected chi connectivity index (χ0v) is 14.8. The number of fused-ring (bicyclic) bond motifs is 1. The maximum atomic E-state index is 13.6. The summed E-state index contributed by atoms with van der Waals surface area (Å²) in [6, 6.07) is 4.92. The van der Waals surface area contributed by atoms with Gasteiger partial charge in [0.1, 0.15) is 5.82 Å². The zero-order valence-electron chi connectivity index (χ0n) is 14.8. The number of aliphatic hydroxyl groups is 1. The summed E-state index contributed by atoms with van der Waals surface area (Å²) in [5.41, 5.74) is 1.22. The quantitative estimate of drug-likeness (QED) is 0.629. The smallest absolute Gasteiger partial charge is 0.381 e. The van der Waals surface area contributed by atoms with Crippen LogP contribution in [0.3, 0.4) is 0 Å². The first-order chi connectivity index (χ1) is 13.3. The molecule has 2 aromatic rings. The second-order valence-electron chi connectivity index (χ2n) is 7.00. The van der Waals surface area contributed by atoms with Gasteiger partial charge in [0.2, 0.25) is 5.60 Å². The van der Waals surface area contributed by atoms with E-state index >= 15 is 0 Å². The van der Waals surface area contributed by atoms with Crippen molar-refractivity contribution in [2.45, 2.75) is 36.8 Å². The molecule has 3 nitrogen and oxygen atoms in total. The van der Waals surface area contributed by atoms with Crippen LogP contribution in [0, 0.1) is 5.82 Å². The van der Waals surface area contributed by atoms with Gasteiger partial charge in [0.05, 0.1) is 12.1 Å². The molecule has 0 spiro atoms. The van der Waals surface area contributed by atoms with Crippen molar-refractivity contribution in [2.24, 2.45) is 5.73 Å². The number of nitrogens with one attached hydrogen (secondary N) is 1. The minimum atomic E-state index is -5.37. The van der Waals surface area contributed by atoms with Crippen LogP contribution in [-0.4, -0.2) is 17.8 Å². The molecule has 3 rings (SSSR count). The highest BCUT2D eigenvalue weighted by atomic mass is 19.4. The second kappa shape index (κ2) is 7.17. The average Bonchev–Trinajstić information content (AvgIpc) is 2.98. The van der Waals surface area contributed by atoms with E-state index in [9.17, 15) is 35.8 Å². The Hall–Kier alpha value is -2.33. The Morgan fingerprint density at radius 2 is 1.66 bits per heavy atom. The largest absolute Gasteiger partial charge is 0.423 e. The van der Waals surface area contributed by atoms with Gasteiger partial charge in [0.15, 0.2) is 0 Å². The van der Waals surface area contributed by atoms with Crippen molar-refractivity contribution in [3.8, 4) is 0 Å². The Morgan fingerprint density at radius 1 is 1.00 bits per heavy atom. The standard InChI is InChI=1S/C19H17F7N2O/c20-13-7-11(6-12(8-13)18(21,22)23)17(29,19(24,25)26)9-28-14-2-3-15-10(5-14)1-4-16(15)27/h2-3,5-8,16,28-29H,1,4,9,27H2/t16-,17+/m0/s1. The fourth-order valence-corrected chi connectivity index (χ4v) is 3.35. The summed E-state index contributed by atoms with van der Waals surface area (Å²) < 4.78 is 93.1. The van der Waals surface area contributed by atoms with Crippen molar-refractivity contribution in [1.29, 1.82) is 0 Å². The number of anilines is 1. The number of alkyl halides is 6. The number of hydrogen-bond donors (Lipinski definition) is 3. The van der Waals surface area contributed by atoms with Gasteiger partial charge in [0.25, 0.3) is 0 Å². The number of halogens is 7. The van der Waals surface area contributed by atoms with Gasteiger partial charge < -0.3 is 16.2 Å². The van der Waals surface area contributed by atoms with Gasteiger partial charge in [0, 0.05) is 11.7 Å². The van der Waals surface area contributed by atoms with Crippen LogP contribution >= 0.6 is 0 Å². The third-order valence-corrected chi connectivity index (χ3v) is 4.99. The second-order valence-corrected chi connectivity index (χ2v) is 7.00. The molecule has 0 fully saturated rings. The van der Waals surface area contributed by atoms with Gasteiger partial charge in [-0.15, -0.1) is 0 Å². The molecule has 0 saturated heterocycles. The summed E-state index contributed by atoms with van der Waals surface area (Å²) in [5.74, 6) is -1.54. The number of nitrogens with two attached hydrogens (primary N) is 1. The normalized spacial score (nSPS) is 19.0. The minimum Gasteiger partial charge on any atom is -0.381 e. The fraction of sp³-hybridized carbons (Fsp3) is 0.368. The number of rotatable bonds is 4. The molecule has 0 heterocycles. The zero-order chi connectivity index (χ0) is 21.6. The molecule has 0 aliphatic heterocycles. The Kier molecular flexibility index (Phi) is 5.29. The lowest BCUT2D eigenvalue weighted by atomic mass is 9.91. The van der Waals surface area contributed by atoms with E-state index < -0.39 is 41.4 Å². The molecule has 2 atom stereocenters. The summed E-state index contributed by atoms with van der Waals surface area (Å²) in [7, 11) is 0. The summed E-state index contributed by atoms with van der Waals surface area (Å²) in [6.45, 7) is -1.21. The minimum absolute atomic E-state index is 0.0669. The van der Waals surface area contributed by atoms with E-state index in [4.69, 9.17) is 5.73 Å². The molecule has 158 valence electrons. The Bertz CT molecular complexity index is 910. The van der Waals surface area contributed by atoms with Gasteiger partial charge in [-0.1, -0.05) is 6.07 Å². The number of aryl methyl sites for hydroxylation is 1. The molecular weight excluding hydrogens is 405 g/mol. The van der Waals surface area contributed by atoms with Crippen molar-refractivity contribution in [2.75, 3.05) is 11.9 Å².